The molecular formula is C12H14BrNO2S. The zero-order chi connectivity index (χ0) is 12.4. The van der Waals surface area contributed by atoms with Gasteiger partial charge in [0.2, 0.25) is 0 Å². The van der Waals surface area contributed by atoms with Crippen molar-refractivity contribution in [2.24, 2.45) is 0 Å². The minimum atomic E-state index is 0.0515. The zero-order valence-electron chi connectivity index (χ0n) is 9.61. The van der Waals surface area contributed by atoms with Gasteiger partial charge in [-0.25, -0.2) is 0 Å². The first kappa shape index (κ1) is 12.8. The van der Waals surface area contributed by atoms with E-state index in [1.807, 2.05) is 16.3 Å². The third-order valence-electron chi connectivity index (χ3n) is 2.97. The Morgan fingerprint density at radius 2 is 2.35 bits per heavy atom. The molecule has 1 amide bonds. The van der Waals surface area contributed by atoms with Crippen LogP contribution in [0.4, 0.5) is 0 Å². The highest BCUT2D eigenvalue weighted by Gasteiger charge is 2.31. The van der Waals surface area contributed by atoms with Crippen LogP contribution in [0.3, 0.4) is 0 Å². The minimum absolute atomic E-state index is 0.0515. The summed E-state index contributed by atoms with van der Waals surface area (Å²) in [5.74, 6) is 0.204. The average Bonchev–Trinajstić information content (AvgIpc) is 2.85. The molecule has 17 heavy (non-hydrogen) atoms. The number of hydrogen-bond donors (Lipinski definition) is 0. The Balaban J connectivity index is 2.14. The summed E-state index contributed by atoms with van der Waals surface area (Å²) >= 11 is 4.82. The summed E-state index contributed by atoms with van der Waals surface area (Å²) in [6.45, 7) is 2.35. The van der Waals surface area contributed by atoms with Crippen molar-refractivity contribution in [1.82, 2.24) is 4.90 Å². The van der Waals surface area contributed by atoms with Crippen molar-refractivity contribution < 1.29 is 9.59 Å². The fraction of sp³-hybridized carbons (Fsp3) is 0.500. The van der Waals surface area contributed by atoms with Crippen LogP contribution in [0, 0.1) is 0 Å². The molecule has 0 aromatic carbocycles. The van der Waals surface area contributed by atoms with Gasteiger partial charge in [-0.1, -0.05) is 0 Å². The first-order valence-electron chi connectivity index (χ1n) is 5.63. The number of rotatable bonds is 3. The van der Waals surface area contributed by atoms with Gasteiger partial charge in [0.1, 0.15) is 10.7 Å². The summed E-state index contributed by atoms with van der Waals surface area (Å²) in [5, 5.41) is 1.90. The van der Waals surface area contributed by atoms with Crippen LogP contribution in [0.1, 0.15) is 35.9 Å². The second-order valence-electron chi connectivity index (χ2n) is 4.30. The lowest BCUT2D eigenvalue weighted by Crippen LogP contribution is -2.36. The maximum atomic E-state index is 12.3. The molecule has 0 aliphatic carbocycles. The highest BCUT2D eigenvalue weighted by atomic mass is 79.9. The molecule has 1 unspecified atom stereocenters. The standard InChI is InChI=1S/C12H14BrNO2S/c1-8(15)7-9-3-2-5-14(9)12(16)11-10(13)4-6-17-11/h4,6,9H,2-3,5,7H2,1H3. The second kappa shape index (κ2) is 5.31. The molecule has 1 aliphatic heterocycles. The van der Waals surface area contributed by atoms with Crippen LogP contribution in [0.2, 0.25) is 0 Å². The molecule has 0 saturated carbocycles. The van der Waals surface area contributed by atoms with Gasteiger partial charge in [-0.3, -0.25) is 9.59 Å². The quantitative estimate of drug-likeness (QED) is 0.859. The van der Waals surface area contributed by atoms with Crippen molar-refractivity contribution >= 4 is 39.0 Å². The third kappa shape index (κ3) is 2.77. The van der Waals surface area contributed by atoms with Gasteiger partial charge in [0.25, 0.3) is 5.91 Å². The van der Waals surface area contributed by atoms with E-state index in [-0.39, 0.29) is 17.7 Å². The fourth-order valence-corrected chi connectivity index (χ4v) is 3.72. The summed E-state index contributed by atoms with van der Waals surface area (Å²) in [4.78, 5) is 26.1. The lowest BCUT2D eigenvalue weighted by molar-refractivity contribution is -0.117. The van der Waals surface area contributed by atoms with E-state index in [9.17, 15) is 9.59 Å². The van der Waals surface area contributed by atoms with Crippen LogP contribution in [0.5, 0.6) is 0 Å². The molecule has 1 atom stereocenters. The van der Waals surface area contributed by atoms with Crippen LogP contribution in [-0.4, -0.2) is 29.2 Å². The lowest BCUT2D eigenvalue weighted by Gasteiger charge is -2.23. The molecule has 1 aromatic heterocycles. The largest absolute Gasteiger partial charge is 0.334 e. The van der Waals surface area contributed by atoms with Gasteiger partial charge in [-0.2, -0.15) is 0 Å². The van der Waals surface area contributed by atoms with E-state index in [0.29, 0.717) is 6.42 Å². The van der Waals surface area contributed by atoms with Gasteiger partial charge >= 0.3 is 0 Å². The van der Waals surface area contributed by atoms with Gasteiger partial charge in [-0.05, 0) is 47.1 Å². The number of likely N-dealkylation sites (tertiary alicyclic amines) is 1. The summed E-state index contributed by atoms with van der Waals surface area (Å²) in [6.07, 6.45) is 2.41. The molecule has 0 N–H and O–H groups in total. The predicted octanol–water partition coefficient (Wildman–Crippen LogP) is 3.09. The van der Waals surface area contributed by atoms with E-state index < -0.39 is 0 Å². The van der Waals surface area contributed by atoms with Crippen LogP contribution in [-0.2, 0) is 4.79 Å². The molecule has 0 bridgehead atoms. The first-order chi connectivity index (χ1) is 8.09. The predicted molar refractivity (Wildman–Crippen MR) is 71.4 cm³/mol. The van der Waals surface area contributed by atoms with Gasteiger partial charge in [0.05, 0.1) is 0 Å². The summed E-state index contributed by atoms with van der Waals surface area (Å²) in [5.41, 5.74) is 0. The summed E-state index contributed by atoms with van der Waals surface area (Å²) in [6, 6.07) is 1.97. The number of thiophene rings is 1. The van der Waals surface area contributed by atoms with E-state index in [4.69, 9.17) is 0 Å². The van der Waals surface area contributed by atoms with Crippen molar-refractivity contribution in [2.45, 2.75) is 32.2 Å². The van der Waals surface area contributed by atoms with E-state index >= 15 is 0 Å². The number of halogens is 1. The monoisotopic (exact) mass is 315 g/mol. The zero-order valence-corrected chi connectivity index (χ0v) is 12.0. The highest BCUT2D eigenvalue weighted by molar-refractivity contribution is 9.10. The second-order valence-corrected chi connectivity index (χ2v) is 6.07. The molecule has 2 rings (SSSR count). The van der Waals surface area contributed by atoms with Crippen molar-refractivity contribution in [3.8, 4) is 0 Å². The Morgan fingerprint density at radius 1 is 1.59 bits per heavy atom. The molecule has 5 heteroatoms. The van der Waals surface area contributed by atoms with Crippen LogP contribution in [0.15, 0.2) is 15.9 Å². The molecule has 1 fully saturated rings. The van der Waals surface area contributed by atoms with Crippen LogP contribution >= 0.6 is 27.3 Å². The Morgan fingerprint density at radius 3 is 2.94 bits per heavy atom. The normalized spacial score (nSPS) is 19.6. The third-order valence-corrected chi connectivity index (χ3v) is 4.80. The van der Waals surface area contributed by atoms with Crippen molar-refractivity contribution in [3.05, 3.63) is 20.8 Å². The number of ketones is 1. The number of nitrogens with zero attached hydrogens (tertiary/aromatic N) is 1. The SMILES string of the molecule is CC(=O)CC1CCCN1C(=O)c1sccc1Br. The Labute approximate surface area is 113 Å². The number of Topliss-reactive ketones (excluding diaryl/α,β-unsaturated/α-hetero) is 1. The Hall–Kier alpha value is -0.680. The van der Waals surface area contributed by atoms with E-state index in [1.54, 1.807) is 6.92 Å². The van der Waals surface area contributed by atoms with E-state index in [2.05, 4.69) is 15.9 Å². The van der Waals surface area contributed by atoms with Gasteiger partial charge in [0.15, 0.2) is 0 Å². The van der Waals surface area contributed by atoms with Crippen molar-refractivity contribution in [1.29, 1.82) is 0 Å². The van der Waals surface area contributed by atoms with Gasteiger partial charge in [-0.15, -0.1) is 11.3 Å². The molecule has 0 radical (unpaired) electrons. The van der Waals surface area contributed by atoms with Crippen LogP contribution in [0.25, 0.3) is 0 Å². The van der Waals surface area contributed by atoms with E-state index in [0.717, 1.165) is 28.7 Å². The number of carbonyl (C=O) groups excluding carboxylic acids is 2. The number of amides is 1. The summed E-state index contributed by atoms with van der Waals surface area (Å²) < 4.78 is 0.848. The molecule has 3 nitrogen and oxygen atoms in total. The Bertz CT molecular complexity index is 443. The lowest BCUT2D eigenvalue weighted by atomic mass is 10.1. The Kier molecular flexibility index (Phi) is 3.99. The van der Waals surface area contributed by atoms with Crippen LogP contribution < -0.4 is 0 Å². The molecule has 92 valence electrons. The highest BCUT2D eigenvalue weighted by Crippen LogP contribution is 2.28. The fourth-order valence-electron chi connectivity index (χ4n) is 2.22. The van der Waals surface area contributed by atoms with Crippen molar-refractivity contribution in [2.75, 3.05) is 6.54 Å². The molecule has 1 aromatic rings. The maximum absolute atomic E-state index is 12.3. The topological polar surface area (TPSA) is 37.4 Å². The van der Waals surface area contributed by atoms with Gasteiger partial charge in [0, 0.05) is 23.5 Å². The minimum Gasteiger partial charge on any atom is -0.334 e. The molecule has 0 spiro atoms. The number of carbonyl (C=O) groups is 2. The van der Waals surface area contributed by atoms with E-state index in [1.165, 1.54) is 11.3 Å². The molecule has 1 saturated heterocycles. The molecule has 1 aliphatic rings. The molecular weight excluding hydrogens is 302 g/mol. The first-order valence-corrected chi connectivity index (χ1v) is 7.30. The molecule has 2 heterocycles. The summed E-state index contributed by atoms with van der Waals surface area (Å²) in [7, 11) is 0. The van der Waals surface area contributed by atoms with Gasteiger partial charge < -0.3 is 4.90 Å². The average molecular weight is 316 g/mol. The smallest absolute Gasteiger partial charge is 0.265 e. The maximum Gasteiger partial charge on any atom is 0.265 e. The van der Waals surface area contributed by atoms with Crippen molar-refractivity contribution in [3.63, 3.8) is 0 Å². The number of hydrogen-bond acceptors (Lipinski definition) is 3.